The van der Waals surface area contributed by atoms with Crippen LogP contribution in [0.5, 0.6) is 0 Å². The van der Waals surface area contributed by atoms with Gasteiger partial charge in [-0.25, -0.2) is 9.78 Å². The summed E-state index contributed by atoms with van der Waals surface area (Å²) in [5.74, 6) is -2.01. The maximum atomic E-state index is 10.6. The van der Waals surface area contributed by atoms with Gasteiger partial charge in [0.2, 0.25) is 0 Å². The van der Waals surface area contributed by atoms with Gasteiger partial charge in [0.15, 0.2) is 0 Å². The fourth-order valence-electron chi connectivity index (χ4n) is 3.79. The normalized spacial score (nSPS) is 22.8. The van der Waals surface area contributed by atoms with E-state index in [1.54, 1.807) is 6.07 Å². The highest BCUT2D eigenvalue weighted by molar-refractivity contribution is 5.73. The first kappa shape index (κ1) is 23.4. The van der Waals surface area contributed by atoms with E-state index in [0.29, 0.717) is 12.3 Å². The molecule has 2 saturated heterocycles. The number of ether oxygens (including phenoxy) is 1. The van der Waals surface area contributed by atoms with E-state index >= 15 is 0 Å². The summed E-state index contributed by atoms with van der Waals surface area (Å²) in [7, 11) is 0. The van der Waals surface area contributed by atoms with E-state index in [1.807, 2.05) is 30.5 Å². The third kappa shape index (κ3) is 6.38. The van der Waals surface area contributed by atoms with Gasteiger partial charge in [-0.05, 0) is 30.7 Å². The van der Waals surface area contributed by atoms with Crippen LogP contribution < -0.4 is 5.32 Å². The van der Waals surface area contributed by atoms with Crippen LogP contribution in [-0.2, 0) is 16.1 Å². The Morgan fingerprint density at radius 3 is 2.78 bits per heavy atom. The molecule has 0 radical (unpaired) electrons. The van der Waals surface area contributed by atoms with Crippen molar-refractivity contribution < 1.29 is 27.8 Å². The zero-order valence-electron chi connectivity index (χ0n) is 17.0. The van der Waals surface area contributed by atoms with Gasteiger partial charge in [-0.1, -0.05) is 12.1 Å². The fourth-order valence-corrected chi connectivity index (χ4v) is 3.79. The predicted molar refractivity (Wildman–Crippen MR) is 107 cm³/mol. The largest absolute Gasteiger partial charge is 0.490 e. The lowest BCUT2D eigenvalue weighted by Gasteiger charge is -2.23. The molecule has 2 atom stereocenters. The molecule has 2 N–H and O–H groups in total. The number of carbonyl (C=O) groups is 1. The summed E-state index contributed by atoms with van der Waals surface area (Å²) in [4.78, 5) is 20.0. The van der Waals surface area contributed by atoms with Crippen molar-refractivity contribution in [3.63, 3.8) is 0 Å². The molecule has 2 aliphatic heterocycles. The van der Waals surface area contributed by atoms with Crippen LogP contribution in [0.4, 0.5) is 19.0 Å². The van der Waals surface area contributed by atoms with Gasteiger partial charge in [0.05, 0.1) is 23.9 Å². The van der Waals surface area contributed by atoms with Crippen molar-refractivity contribution in [3.05, 3.63) is 54.0 Å². The zero-order valence-corrected chi connectivity index (χ0v) is 17.0. The summed E-state index contributed by atoms with van der Waals surface area (Å²) in [6.45, 7) is 3.52. The SMILES string of the molecule is N#Cc1cccc(NC2COC3(CCN(Cc4ccccn4)C3)C2)n1.O=C(O)C(F)(F)F. The Labute approximate surface area is 182 Å². The second-order valence-corrected chi connectivity index (χ2v) is 7.64. The maximum absolute atomic E-state index is 10.6. The van der Waals surface area contributed by atoms with Gasteiger partial charge >= 0.3 is 12.1 Å². The summed E-state index contributed by atoms with van der Waals surface area (Å²) >= 11 is 0. The molecule has 2 unspecified atom stereocenters. The molecule has 2 aliphatic rings. The van der Waals surface area contributed by atoms with Crippen molar-refractivity contribution >= 4 is 11.8 Å². The number of pyridine rings is 2. The number of likely N-dealkylation sites (tertiary alicyclic amines) is 1. The zero-order chi connectivity index (χ0) is 23.2. The number of rotatable bonds is 4. The van der Waals surface area contributed by atoms with E-state index in [4.69, 9.17) is 19.9 Å². The Hall–Kier alpha value is -3.23. The lowest BCUT2D eigenvalue weighted by Crippen LogP contribution is -2.33. The van der Waals surface area contributed by atoms with Crippen molar-refractivity contribution in [1.82, 2.24) is 14.9 Å². The minimum absolute atomic E-state index is 0.0702. The number of carboxylic acid groups (broad SMARTS) is 1. The number of alkyl halides is 3. The Bertz CT molecular complexity index is 967. The van der Waals surface area contributed by atoms with Crippen molar-refractivity contribution in [3.8, 4) is 6.07 Å². The highest BCUT2D eigenvalue weighted by Gasteiger charge is 2.45. The number of aliphatic carboxylic acids is 1. The molecule has 0 aromatic carbocycles. The smallest absolute Gasteiger partial charge is 0.475 e. The van der Waals surface area contributed by atoms with E-state index in [1.165, 1.54) is 0 Å². The highest BCUT2D eigenvalue weighted by Crippen LogP contribution is 2.36. The van der Waals surface area contributed by atoms with Gasteiger partial charge < -0.3 is 15.2 Å². The van der Waals surface area contributed by atoms with Crippen LogP contribution in [0.2, 0.25) is 0 Å². The van der Waals surface area contributed by atoms with Gasteiger partial charge in [-0.15, -0.1) is 0 Å². The van der Waals surface area contributed by atoms with E-state index in [0.717, 1.165) is 44.0 Å². The second-order valence-electron chi connectivity index (χ2n) is 7.64. The van der Waals surface area contributed by atoms with Crippen LogP contribution in [0.3, 0.4) is 0 Å². The van der Waals surface area contributed by atoms with Gasteiger partial charge in [0.25, 0.3) is 0 Å². The number of nitrogens with zero attached hydrogens (tertiary/aromatic N) is 4. The number of aromatic nitrogens is 2. The Morgan fingerprint density at radius 2 is 2.12 bits per heavy atom. The Kier molecular flexibility index (Phi) is 7.27. The summed E-state index contributed by atoms with van der Waals surface area (Å²) in [6, 6.07) is 13.8. The van der Waals surface area contributed by atoms with E-state index in [-0.39, 0.29) is 11.6 Å². The highest BCUT2D eigenvalue weighted by atomic mass is 19.4. The average Bonchev–Trinajstić information content (AvgIpc) is 3.34. The van der Waals surface area contributed by atoms with Crippen LogP contribution in [0.15, 0.2) is 42.6 Å². The first-order valence-electron chi connectivity index (χ1n) is 9.89. The minimum atomic E-state index is -5.08. The van der Waals surface area contributed by atoms with Crippen molar-refractivity contribution in [1.29, 1.82) is 5.26 Å². The maximum Gasteiger partial charge on any atom is 0.490 e. The Balaban J connectivity index is 0.000000360. The minimum Gasteiger partial charge on any atom is -0.475 e. The number of nitrogens with one attached hydrogen (secondary N) is 1. The molecule has 0 bridgehead atoms. The molecule has 4 heterocycles. The standard InChI is InChI=1S/C19H21N5O.C2HF3O2/c20-11-15-5-3-6-18(22-15)23-17-10-19(25-13-17)7-9-24(14-19)12-16-4-1-2-8-21-16;3-2(4,5)1(6)7/h1-6,8,17H,7,9-10,12-14H2,(H,22,23);(H,6,7). The van der Waals surface area contributed by atoms with Crippen molar-refractivity contribution in [2.24, 2.45) is 0 Å². The number of anilines is 1. The lowest BCUT2D eigenvalue weighted by atomic mass is 9.97. The topological polar surface area (TPSA) is 111 Å². The molecule has 0 saturated carbocycles. The molecule has 11 heteroatoms. The van der Waals surface area contributed by atoms with Gasteiger partial charge in [0, 0.05) is 32.3 Å². The molecule has 4 rings (SSSR count). The number of carboxylic acids is 1. The van der Waals surface area contributed by atoms with Gasteiger partial charge in [-0.3, -0.25) is 9.88 Å². The molecule has 170 valence electrons. The third-order valence-corrected chi connectivity index (χ3v) is 5.17. The van der Waals surface area contributed by atoms with Crippen LogP contribution in [0.1, 0.15) is 24.2 Å². The fraction of sp³-hybridized carbons (Fsp3) is 0.429. The quantitative estimate of drug-likeness (QED) is 0.733. The van der Waals surface area contributed by atoms with Crippen molar-refractivity contribution in [2.75, 3.05) is 25.0 Å². The summed E-state index contributed by atoms with van der Waals surface area (Å²) < 4.78 is 37.9. The molecule has 1 spiro atoms. The molecule has 2 aromatic rings. The Morgan fingerprint density at radius 1 is 1.34 bits per heavy atom. The van der Waals surface area contributed by atoms with Crippen molar-refractivity contribution in [2.45, 2.75) is 37.2 Å². The molecule has 2 fully saturated rings. The molecule has 0 amide bonds. The number of hydrogen-bond acceptors (Lipinski definition) is 7. The molecule has 8 nitrogen and oxygen atoms in total. The number of hydrogen-bond donors (Lipinski definition) is 2. The molecule has 32 heavy (non-hydrogen) atoms. The van der Waals surface area contributed by atoms with E-state index < -0.39 is 12.1 Å². The van der Waals surface area contributed by atoms with Gasteiger partial charge in [0.1, 0.15) is 17.6 Å². The van der Waals surface area contributed by atoms with Crippen LogP contribution >= 0.6 is 0 Å². The number of halogens is 3. The second kappa shape index (κ2) is 9.93. The summed E-state index contributed by atoms with van der Waals surface area (Å²) in [5, 5.41) is 19.5. The van der Waals surface area contributed by atoms with Crippen LogP contribution in [-0.4, -0.2) is 63.5 Å². The molecular formula is C21H22F3N5O3. The predicted octanol–water partition coefficient (Wildman–Crippen LogP) is 2.83. The number of nitriles is 1. The molecular weight excluding hydrogens is 427 g/mol. The van der Waals surface area contributed by atoms with Crippen LogP contribution in [0.25, 0.3) is 0 Å². The van der Waals surface area contributed by atoms with E-state index in [2.05, 4.69) is 32.3 Å². The first-order valence-corrected chi connectivity index (χ1v) is 9.89. The molecule has 2 aromatic heterocycles. The third-order valence-electron chi connectivity index (χ3n) is 5.17. The molecule has 0 aliphatic carbocycles. The van der Waals surface area contributed by atoms with Crippen LogP contribution in [0, 0.1) is 11.3 Å². The monoisotopic (exact) mass is 449 g/mol. The first-order chi connectivity index (χ1) is 15.2. The average molecular weight is 449 g/mol. The lowest BCUT2D eigenvalue weighted by molar-refractivity contribution is -0.192. The van der Waals surface area contributed by atoms with Gasteiger partial charge in [-0.2, -0.15) is 18.4 Å². The summed E-state index contributed by atoms with van der Waals surface area (Å²) in [6.07, 6.45) is -1.23. The summed E-state index contributed by atoms with van der Waals surface area (Å²) in [5.41, 5.74) is 1.46. The van der Waals surface area contributed by atoms with E-state index in [9.17, 15) is 13.2 Å².